The van der Waals surface area contributed by atoms with Crippen molar-refractivity contribution in [1.29, 1.82) is 0 Å². The lowest BCUT2D eigenvalue weighted by Gasteiger charge is -1.96. The topological polar surface area (TPSA) is 46.0 Å². The Hall–Kier alpha value is -1.42. The van der Waals surface area contributed by atoms with Gasteiger partial charge in [-0.3, -0.25) is 4.98 Å². The molecule has 4 heteroatoms. The van der Waals surface area contributed by atoms with Crippen LogP contribution in [-0.4, -0.2) is 15.1 Å². The molecule has 2 aromatic heterocycles. The average Bonchev–Trinajstić information content (AvgIpc) is 2.62. The van der Waals surface area contributed by atoms with Crippen molar-refractivity contribution < 1.29 is 5.11 Å². The highest BCUT2D eigenvalue weighted by Gasteiger charge is 1.99. The van der Waals surface area contributed by atoms with Crippen LogP contribution in [0.5, 0.6) is 5.75 Å². The van der Waals surface area contributed by atoms with E-state index < -0.39 is 0 Å². The number of nitrogens with zero attached hydrogens (tertiary/aromatic N) is 2. The number of aromatic nitrogens is 2. The first-order chi connectivity index (χ1) is 6.34. The van der Waals surface area contributed by atoms with Gasteiger partial charge in [-0.05, 0) is 12.1 Å². The summed E-state index contributed by atoms with van der Waals surface area (Å²) in [5.74, 6) is 0.197. The van der Waals surface area contributed by atoms with Crippen molar-refractivity contribution in [2.24, 2.45) is 0 Å². The van der Waals surface area contributed by atoms with Gasteiger partial charge in [0.15, 0.2) is 0 Å². The molecule has 3 nitrogen and oxygen atoms in total. The first kappa shape index (κ1) is 8.19. The molecule has 0 aliphatic heterocycles. The van der Waals surface area contributed by atoms with Crippen LogP contribution in [0.25, 0.3) is 0 Å². The first-order valence-corrected chi connectivity index (χ1v) is 4.75. The van der Waals surface area contributed by atoms with E-state index in [1.807, 2.05) is 5.38 Å². The van der Waals surface area contributed by atoms with Gasteiger partial charge in [-0.15, -0.1) is 11.3 Å². The highest BCUT2D eigenvalue weighted by molar-refractivity contribution is 7.09. The molecule has 0 aromatic carbocycles. The third-order valence-corrected chi connectivity index (χ3v) is 2.40. The van der Waals surface area contributed by atoms with Crippen LogP contribution in [0.2, 0.25) is 0 Å². The Kier molecular flexibility index (Phi) is 2.23. The quantitative estimate of drug-likeness (QED) is 0.789. The van der Waals surface area contributed by atoms with Crippen molar-refractivity contribution >= 4 is 11.3 Å². The Morgan fingerprint density at radius 2 is 2.23 bits per heavy atom. The van der Waals surface area contributed by atoms with Crippen LogP contribution in [0.3, 0.4) is 0 Å². The van der Waals surface area contributed by atoms with Gasteiger partial charge in [0.25, 0.3) is 0 Å². The van der Waals surface area contributed by atoms with Gasteiger partial charge < -0.3 is 5.11 Å². The van der Waals surface area contributed by atoms with Gasteiger partial charge >= 0.3 is 0 Å². The summed E-state index contributed by atoms with van der Waals surface area (Å²) >= 11 is 1.61. The van der Waals surface area contributed by atoms with E-state index in [4.69, 9.17) is 5.11 Å². The number of hydrogen-bond acceptors (Lipinski definition) is 4. The number of pyridine rings is 1. The van der Waals surface area contributed by atoms with Crippen LogP contribution < -0.4 is 0 Å². The normalized spacial score (nSPS) is 10.2. The van der Waals surface area contributed by atoms with E-state index in [1.165, 1.54) is 6.20 Å². The summed E-state index contributed by atoms with van der Waals surface area (Å²) in [5.41, 5.74) is 0.924. The monoisotopic (exact) mass is 192 g/mol. The van der Waals surface area contributed by atoms with Crippen molar-refractivity contribution in [1.82, 2.24) is 9.97 Å². The molecule has 0 saturated heterocycles. The van der Waals surface area contributed by atoms with Crippen molar-refractivity contribution in [3.8, 4) is 5.75 Å². The lowest BCUT2D eigenvalue weighted by molar-refractivity contribution is 0.472. The van der Waals surface area contributed by atoms with E-state index in [9.17, 15) is 0 Å². The molecule has 2 rings (SSSR count). The summed E-state index contributed by atoms with van der Waals surface area (Å²) in [6.45, 7) is 0. The van der Waals surface area contributed by atoms with Crippen LogP contribution >= 0.6 is 11.3 Å². The third kappa shape index (κ3) is 2.03. The van der Waals surface area contributed by atoms with E-state index in [1.54, 1.807) is 29.7 Å². The molecule has 13 heavy (non-hydrogen) atoms. The van der Waals surface area contributed by atoms with Crippen molar-refractivity contribution in [3.63, 3.8) is 0 Å². The molecule has 0 bridgehead atoms. The molecule has 0 fully saturated rings. The molecular weight excluding hydrogens is 184 g/mol. The molecule has 0 amide bonds. The fraction of sp³-hybridized carbons (Fsp3) is 0.111. The van der Waals surface area contributed by atoms with E-state index in [0.717, 1.165) is 17.1 Å². The molecule has 0 saturated carbocycles. The maximum Gasteiger partial charge on any atom is 0.133 e. The van der Waals surface area contributed by atoms with Gasteiger partial charge in [0, 0.05) is 23.7 Å². The molecule has 66 valence electrons. The second-order valence-electron chi connectivity index (χ2n) is 2.61. The van der Waals surface area contributed by atoms with Crippen LogP contribution in [0.4, 0.5) is 0 Å². The molecule has 0 atom stereocenters. The zero-order valence-corrected chi connectivity index (χ0v) is 7.66. The number of aromatic hydroxyl groups is 1. The minimum Gasteiger partial charge on any atom is -0.506 e. The van der Waals surface area contributed by atoms with Crippen LogP contribution in [0, 0.1) is 0 Å². The smallest absolute Gasteiger partial charge is 0.133 e. The van der Waals surface area contributed by atoms with E-state index in [0.29, 0.717) is 0 Å². The van der Waals surface area contributed by atoms with Gasteiger partial charge in [-0.1, -0.05) is 0 Å². The van der Waals surface area contributed by atoms with Gasteiger partial charge in [0.1, 0.15) is 5.75 Å². The molecule has 0 radical (unpaired) electrons. The Balaban J connectivity index is 2.15. The van der Waals surface area contributed by atoms with E-state index in [2.05, 4.69) is 9.97 Å². The molecule has 2 heterocycles. The number of rotatable bonds is 2. The third-order valence-electron chi connectivity index (χ3n) is 1.62. The summed E-state index contributed by atoms with van der Waals surface area (Å²) in [7, 11) is 0. The summed E-state index contributed by atoms with van der Waals surface area (Å²) in [6, 6.07) is 3.44. The Morgan fingerprint density at radius 3 is 2.85 bits per heavy atom. The van der Waals surface area contributed by atoms with E-state index >= 15 is 0 Å². The second-order valence-corrected chi connectivity index (χ2v) is 3.59. The van der Waals surface area contributed by atoms with Crippen molar-refractivity contribution in [3.05, 3.63) is 40.6 Å². The molecule has 0 aliphatic rings. The zero-order valence-electron chi connectivity index (χ0n) is 6.84. The lowest BCUT2D eigenvalue weighted by Crippen LogP contribution is -1.89. The molecule has 0 aliphatic carbocycles. The minimum atomic E-state index is 0.197. The van der Waals surface area contributed by atoms with Gasteiger partial charge in [-0.2, -0.15) is 0 Å². The fourth-order valence-corrected chi connectivity index (χ4v) is 1.65. The standard InChI is InChI=1S/C9H8N2OS/c12-8-2-1-7(11-6-8)5-9-10-3-4-13-9/h1-4,6,12H,5H2. The Labute approximate surface area is 79.7 Å². The summed E-state index contributed by atoms with van der Waals surface area (Å²) < 4.78 is 0. The van der Waals surface area contributed by atoms with Gasteiger partial charge in [-0.25, -0.2) is 4.98 Å². The van der Waals surface area contributed by atoms with Crippen molar-refractivity contribution in [2.75, 3.05) is 0 Å². The molecule has 2 aromatic rings. The minimum absolute atomic E-state index is 0.197. The molecule has 1 N–H and O–H groups in total. The Bertz CT molecular complexity index is 369. The number of thiazole rings is 1. The largest absolute Gasteiger partial charge is 0.506 e. The fourth-order valence-electron chi connectivity index (χ4n) is 1.02. The average molecular weight is 192 g/mol. The Morgan fingerprint density at radius 1 is 1.31 bits per heavy atom. The first-order valence-electron chi connectivity index (χ1n) is 3.87. The van der Waals surface area contributed by atoms with Crippen LogP contribution in [-0.2, 0) is 6.42 Å². The maximum atomic E-state index is 9.01. The lowest BCUT2D eigenvalue weighted by atomic mass is 10.3. The van der Waals surface area contributed by atoms with Crippen molar-refractivity contribution in [2.45, 2.75) is 6.42 Å². The molecule has 0 unspecified atom stereocenters. The SMILES string of the molecule is Oc1ccc(Cc2nccs2)nc1. The maximum absolute atomic E-state index is 9.01. The molecular formula is C9H8N2OS. The summed E-state index contributed by atoms with van der Waals surface area (Å²) in [5, 5.41) is 12.0. The van der Waals surface area contributed by atoms with Gasteiger partial charge in [0.05, 0.1) is 11.2 Å². The van der Waals surface area contributed by atoms with Crippen LogP contribution in [0.15, 0.2) is 29.9 Å². The zero-order chi connectivity index (χ0) is 9.10. The highest BCUT2D eigenvalue weighted by atomic mass is 32.1. The highest BCUT2D eigenvalue weighted by Crippen LogP contribution is 2.12. The number of hydrogen-bond donors (Lipinski definition) is 1. The predicted octanol–water partition coefficient (Wildman–Crippen LogP) is 1.83. The van der Waals surface area contributed by atoms with Gasteiger partial charge in [0.2, 0.25) is 0 Å². The summed E-state index contributed by atoms with van der Waals surface area (Å²) in [6.07, 6.45) is 3.96. The second kappa shape index (κ2) is 3.53. The predicted molar refractivity (Wildman–Crippen MR) is 50.8 cm³/mol. The summed E-state index contributed by atoms with van der Waals surface area (Å²) in [4.78, 5) is 8.22. The molecule has 0 spiro atoms. The van der Waals surface area contributed by atoms with Crippen LogP contribution in [0.1, 0.15) is 10.7 Å². The van der Waals surface area contributed by atoms with E-state index in [-0.39, 0.29) is 5.75 Å².